The summed E-state index contributed by atoms with van der Waals surface area (Å²) in [6, 6.07) is 7.10. The fourth-order valence-corrected chi connectivity index (χ4v) is 1.82. The number of Topliss-reactive ketones (excluding diaryl/α,β-unsaturated/α-hetero) is 1. The molecule has 0 radical (unpaired) electrons. The Morgan fingerprint density at radius 1 is 1.40 bits per heavy atom. The summed E-state index contributed by atoms with van der Waals surface area (Å²) >= 11 is 5.03. The summed E-state index contributed by atoms with van der Waals surface area (Å²) in [5, 5.41) is 7.20. The van der Waals surface area contributed by atoms with Crippen LogP contribution in [0.4, 0.5) is 5.69 Å². The molecule has 0 saturated carbocycles. The van der Waals surface area contributed by atoms with Gasteiger partial charge >= 0.3 is 0 Å². The van der Waals surface area contributed by atoms with Crippen LogP contribution in [-0.2, 0) is 6.67 Å². The van der Waals surface area contributed by atoms with Gasteiger partial charge in [-0.3, -0.25) is 14.6 Å². The van der Waals surface area contributed by atoms with Gasteiger partial charge in [-0.2, -0.15) is 5.10 Å². The highest BCUT2D eigenvalue weighted by atomic mass is 32.1. The lowest BCUT2D eigenvalue weighted by Crippen LogP contribution is -2.22. The first-order valence-electron chi connectivity index (χ1n) is 6.00. The molecule has 1 aromatic heterocycles. The van der Waals surface area contributed by atoms with Crippen molar-refractivity contribution < 1.29 is 4.79 Å². The van der Waals surface area contributed by atoms with Gasteiger partial charge < -0.3 is 5.32 Å². The maximum Gasteiger partial charge on any atom is 0.273 e. The normalized spacial score (nSPS) is 10.3. The molecule has 1 aromatic carbocycles. The number of nitrogens with zero attached hydrogens (tertiary/aromatic N) is 2. The SMILES string of the molecule is CC(=O)c1ccc(NCn2nc(C)c(=O)[nH]c2=S)cc1. The molecule has 0 fully saturated rings. The van der Waals surface area contributed by atoms with E-state index < -0.39 is 0 Å². The highest BCUT2D eigenvalue weighted by Gasteiger charge is 2.01. The number of nitrogens with one attached hydrogen (secondary N) is 2. The predicted octanol–water partition coefficient (Wildman–Crippen LogP) is 1.88. The highest BCUT2D eigenvalue weighted by Crippen LogP contribution is 2.10. The molecule has 0 unspecified atom stereocenters. The van der Waals surface area contributed by atoms with Crippen molar-refractivity contribution in [3.05, 3.63) is 50.6 Å². The van der Waals surface area contributed by atoms with Crippen LogP contribution in [0.5, 0.6) is 0 Å². The molecule has 0 aliphatic rings. The topological polar surface area (TPSA) is 79.8 Å². The molecule has 7 heteroatoms. The Labute approximate surface area is 120 Å². The number of rotatable bonds is 4. The van der Waals surface area contributed by atoms with E-state index in [0.29, 0.717) is 17.9 Å². The minimum atomic E-state index is -0.280. The Morgan fingerprint density at radius 2 is 2.05 bits per heavy atom. The number of hydrogen-bond acceptors (Lipinski definition) is 5. The number of ketones is 1. The third-order valence-electron chi connectivity index (χ3n) is 2.78. The van der Waals surface area contributed by atoms with Crippen molar-refractivity contribution in [2.24, 2.45) is 0 Å². The van der Waals surface area contributed by atoms with Gasteiger partial charge in [-0.1, -0.05) is 0 Å². The molecule has 2 rings (SSSR count). The van der Waals surface area contributed by atoms with Gasteiger partial charge in [0.2, 0.25) is 0 Å². The maximum atomic E-state index is 11.3. The van der Waals surface area contributed by atoms with E-state index in [1.807, 2.05) is 0 Å². The molecule has 0 bridgehead atoms. The fraction of sp³-hybridized carbons (Fsp3) is 0.231. The minimum absolute atomic E-state index is 0.0247. The van der Waals surface area contributed by atoms with Gasteiger partial charge in [0.15, 0.2) is 10.6 Å². The number of carbonyl (C=O) groups excluding carboxylic acids is 1. The van der Waals surface area contributed by atoms with Crippen molar-refractivity contribution in [1.82, 2.24) is 14.8 Å². The molecule has 0 atom stereocenters. The molecule has 20 heavy (non-hydrogen) atoms. The number of hydrogen-bond donors (Lipinski definition) is 2. The molecule has 0 aliphatic heterocycles. The van der Waals surface area contributed by atoms with E-state index in [0.717, 1.165) is 5.69 Å². The fourth-order valence-electron chi connectivity index (χ4n) is 1.62. The average Bonchev–Trinajstić information content (AvgIpc) is 2.42. The van der Waals surface area contributed by atoms with Gasteiger partial charge in [-0.25, -0.2) is 4.68 Å². The standard InChI is InChI=1S/C13H14N4O2S/c1-8-12(19)15-13(20)17(16-8)7-14-11-5-3-10(4-6-11)9(2)18/h3-6,14H,7H2,1-2H3,(H,15,19,20). The van der Waals surface area contributed by atoms with Crippen molar-refractivity contribution >= 4 is 23.7 Å². The van der Waals surface area contributed by atoms with Crippen LogP contribution >= 0.6 is 12.2 Å². The summed E-state index contributed by atoms with van der Waals surface area (Å²) in [7, 11) is 0. The smallest absolute Gasteiger partial charge is 0.273 e. The number of benzene rings is 1. The second-order valence-corrected chi connectivity index (χ2v) is 4.70. The largest absolute Gasteiger partial charge is 0.366 e. The Hall–Kier alpha value is -2.28. The first kappa shape index (κ1) is 14.1. The lowest BCUT2D eigenvalue weighted by molar-refractivity contribution is 0.101. The number of aromatic nitrogens is 3. The molecule has 2 aromatic rings. The minimum Gasteiger partial charge on any atom is -0.366 e. The number of anilines is 1. The zero-order valence-corrected chi connectivity index (χ0v) is 12.0. The maximum absolute atomic E-state index is 11.3. The van der Waals surface area contributed by atoms with Crippen molar-refractivity contribution in [3.63, 3.8) is 0 Å². The van der Waals surface area contributed by atoms with Crippen LogP contribution in [0.3, 0.4) is 0 Å². The number of carbonyl (C=O) groups is 1. The van der Waals surface area contributed by atoms with Gasteiger partial charge in [0, 0.05) is 11.3 Å². The molecule has 0 aliphatic carbocycles. The number of aromatic amines is 1. The van der Waals surface area contributed by atoms with Crippen LogP contribution < -0.4 is 10.9 Å². The summed E-state index contributed by atoms with van der Waals surface area (Å²) in [5.74, 6) is 0.0247. The number of aryl methyl sites for hydroxylation is 1. The van der Waals surface area contributed by atoms with Gasteiger partial charge in [0.1, 0.15) is 12.4 Å². The summed E-state index contributed by atoms with van der Waals surface area (Å²) in [6.07, 6.45) is 0. The first-order valence-corrected chi connectivity index (χ1v) is 6.41. The zero-order chi connectivity index (χ0) is 14.7. The summed E-state index contributed by atoms with van der Waals surface area (Å²) in [4.78, 5) is 25.0. The van der Waals surface area contributed by atoms with E-state index in [4.69, 9.17) is 12.2 Å². The van der Waals surface area contributed by atoms with Crippen molar-refractivity contribution in [2.45, 2.75) is 20.5 Å². The Kier molecular flexibility index (Phi) is 4.09. The molecule has 2 N–H and O–H groups in total. The summed E-state index contributed by atoms with van der Waals surface area (Å²) < 4.78 is 1.75. The van der Waals surface area contributed by atoms with E-state index in [1.54, 1.807) is 31.2 Å². The second-order valence-electron chi connectivity index (χ2n) is 4.31. The highest BCUT2D eigenvalue weighted by molar-refractivity contribution is 7.71. The van der Waals surface area contributed by atoms with Crippen molar-refractivity contribution in [1.29, 1.82) is 0 Å². The van der Waals surface area contributed by atoms with E-state index in [9.17, 15) is 9.59 Å². The average molecular weight is 290 g/mol. The molecule has 0 spiro atoms. The van der Waals surface area contributed by atoms with Crippen LogP contribution in [0.2, 0.25) is 0 Å². The molecule has 0 amide bonds. The van der Waals surface area contributed by atoms with Gasteiger partial charge in [-0.05, 0) is 50.3 Å². The quantitative estimate of drug-likeness (QED) is 0.664. The van der Waals surface area contributed by atoms with Crippen LogP contribution in [-0.4, -0.2) is 20.5 Å². The predicted molar refractivity (Wildman–Crippen MR) is 78.5 cm³/mol. The van der Waals surface area contributed by atoms with E-state index >= 15 is 0 Å². The monoisotopic (exact) mass is 290 g/mol. The van der Waals surface area contributed by atoms with Gasteiger partial charge in [-0.15, -0.1) is 0 Å². The third kappa shape index (κ3) is 3.18. The van der Waals surface area contributed by atoms with Crippen molar-refractivity contribution in [3.8, 4) is 0 Å². The summed E-state index contributed by atoms with van der Waals surface area (Å²) in [6.45, 7) is 3.47. The molecule has 104 valence electrons. The van der Waals surface area contributed by atoms with Crippen molar-refractivity contribution in [2.75, 3.05) is 5.32 Å². The van der Waals surface area contributed by atoms with E-state index in [1.165, 1.54) is 11.6 Å². The number of H-pyrrole nitrogens is 1. The van der Waals surface area contributed by atoms with Crippen LogP contribution in [0.1, 0.15) is 23.0 Å². The Balaban J connectivity index is 2.13. The first-order chi connectivity index (χ1) is 9.47. The van der Waals surface area contributed by atoms with Crippen LogP contribution in [0.15, 0.2) is 29.1 Å². The lowest BCUT2D eigenvalue weighted by Gasteiger charge is -2.09. The van der Waals surface area contributed by atoms with E-state index in [-0.39, 0.29) is 16.1 Å². The zero-order valence-electron chi connectivity index (χ0n) is 11.1. The van der Waals surface area contributed by atoms with Gasteiger partial charge in [0.25, 0.3) is 5.56 Å². The second kappa shape index (κ2) is 5.79. The Morgan fingerprint density at radius 3 is 2.65 bits per heavy atom. The van der Waals surface area contributed by atoms with Crippen LogP contribution in [0.25, 0.3) is 0 Å². The molecule has 6 nitrogen and oxygen atoms in total. The third-order valence-corrected chi connectivity index (χ3v) is 3.09. The van der Waals surface area contributed by atoms with E-state index in [2.05, 4.69) is 15.4 Å². The molecular formula is C13H14N4O2S. The molecule has 1 heterocycles. The molecular weight excluding hydrogens is 276 g/mol. The van der Waals surface area contributed by atoms with Gasteiger partial charge in [0.05, 0.1) is 0 Å². The lowest BCUT2D eigenvalue weighted by atomic mass is 10.1. The summed E-state index contributed by atoms with van der Waals surface area (Å²) in [5.41, 5.74) is 1.57. The van der Waals surface area contributed by atoms with Crippen LogP contribution in [0, 0.1) is 11.7 Å². The molecule has 0 saturated heterocycles. The Bertz CT molecular complexity index is 746.